The van der Waals surface area contributed by atoms with E-state index in [1.165, 1.54) is 0 Å². The van der Waals surface area contributed by atoms with Crippen LogP contribution in [0.5, 0.6) is 0 Å². The molecule has 3 aromatic carbocycles. The van der Waals surface area contributed by atoms with Gasteiger partial charge in [0.1, 0.15) is 11.6 Å². The minimum atomic E-state index is -1.93. The number of carbonyl (C=O) groups excluding carboxylic acids is 2. The zero-order chi connectivity index (χ0) is 22.3. The molecule has 158 valence electrons. The summed E-state index contributed by atoms with van der Waals surface area (Å²) in [4.78, 5) is 35.1. The molecule has 0 heterocycles. The number of amides is 2. The quantitative estimate of drug-likeness (QED) is 0.383. The van der Waals surface area contributed by atoms with Crippen LogP contribution in [0.25, 0.3) is 0 Å². The summed E-state index contributed by atoms with van der Waals surface area (Å²) in [6.07, 6.45) is -2.28. The molecule has 0 aliphatic rings. The first-order valence-electron chi connectivity index (χ1n) is 9.60. The number of benzene rings is 3. The zero-order valence-corrected chi connectivity index (χ0v) is 16.5. The molecule has 1 atom stereocenters. The predicted molar refractivity (Wildman–Crippen MR) is 113 cm³/mol. The molecular formula is C24H21FN2O4. The van der Waals surface area contributed by atoms with Crippen LogP contribution in [0.3, 0.4) is 0 Å². The van der Waals surface area contributed by atoms with E-state index in [0.29, 0.717) is 0 Å². The average Bonchev–Trinajstić information content (AvgIpc) is 2.78. The number of halogens is 1. The monoisotopic (exact) mass is 420 g/mol. The van der Waals surface area contributed by atoms with Crippen molar-refractivity contribution in [3.63, 3.8) is 0 Å². The molecule has 6 nitrogen and oxygen atoms in total. The maximum absolute atomic E-state index is 13.3. The average molecular weight is 420 g/mol. The summed E-state index contributed by atoms with van der Waals surface area (Å²) in [6.45, 7) is 0. The summed E-state index contributed by atoms with van der Waals surface area (Å²) in [5.74, 6) is -0.693. The molecule has 3 aromatic rings. The topological polar surface area (TPSA) is 95.5 Å². The molecule has 0 aliphatic carbocycles. The standard InChI is InChI=1S/C24H21FN2O4/c25-22(29)20(26-23(30)31)16-21(28)27-24(17-10-4-1-5-11-17,18-12-6-2-7-13-18)19-14-8-3-9-15-19/h1-15,20,26H,16H2,(H,27,28)(H,30,31). The van der Waals surface area contributed by atoms with Crippen LogP contribution in [-0.2, 0) is 15.1 Å². The molecule has 0 spiro atoms. The van der Waals surface area contributed by atoms with Crippen molar-refractivity contribution in [2.45, 2.75) is 18.0 Å². The van der Waals surface area contributed by atoms with E-state index in [1.54, 1.807) is 5.32 Å². The first-order chi connectivity index (χ1) is 14.9. The van der Waals surface area contributed by atoms with Crippen LogP contribution < -0.4 is 10.6 Å². The van der Waals surface area contributed by atoms with Crippen molar-refractivity contribution < 1.29 is 23.9 Å². The molecule has 0 aromatic heterocycles. The van der Waals surface area contributed by atoms with E-state index in [-0.39, 0.29) is 0 Å². The van der Waals surface area contributed by atoms with Gasteiger partial charge in [0.05, 0.1) is 6.42 Å². The molecule has 2 amide bonds. The maximum atomic E-state index is 13.3. The van der Waals surface area contributed by atoms with E-state index in [2.05, 4.69) is 5.32 Å². The van der Waals surface area contributed by atoms with Crippen LogP contribution in [0.15, 0.2) is 91.0 Å². The lowest BCUT2D eigenvalue weighted by Crippen LogP contribution is -2.50. The lowest BCUT2D eigenvalue weighted by atomic mass is 9.77. The maximum Gasteiger partial charge on any atom is 0.405 e. The van der Waals surface area contributed by atoms with Crippen molar-refractivity contribution >= 4 is 18.0 Å². The van der Waals surface area contributed by atoms with Crippen LogP contribution in [0.2, 0.25) is 0 Å². The summed E-state index contributed by atoms with van der Waals surface area (Å²) in [5.41, 5.74) is 1.09. The fraction of sp³-hybridized carbons (Fsp3) is 0.125. The summed E-state index contributed by atoms with van der Waals surface area (Å²) >= 11 is 0. The Morgan fingerprint density at radius 3 is 1.48 bits per heavy atom. The van der Waals surface area contributed by atoms with Gasteiger partial charge < -0.3 is 15.7 Å². The highest BCUT2D eigenvalue weighted by Gasteiger charge is 2.38. The van der Waals surface area contributed by atoms with Gasteiger partial charge in [0, 0.05) is 0 Å². The number of carboxylic acid groups (broad SMARTS) is 1. The molecule has 0 saturated carbocycles. The van der Waals surface area contributed by atoms with Crippen molar-refractivity contribution in [1.29, 1.82) is 0 Å². The highest BCUT2D eigenvalue weighted by molar-refractivity contribution is 5.88. The lowest BCUT2D eigenvalue weighted by molar-refractivity contribution is -0.134. The number of hydrogen-bond donors (Lipinski definition) is 3. The smallest absolute Gasteiger partial charge is 0.405 e. The highest BCUT2D eigenvalue weighted by atomic mass is 19.1. The molecule has 3 N–H and O–H groups in total. The number of rotatable bonds is 8. The van der Waals surface area contributed by atoms with Crippen LogP contribution in [-0.4, -0.2) is 29.2 Å². The Morgan fingerprint density at radius 2 is 1.16 bits per heavy atom. The van der Waals surface area contributed by atoms with Gasteiger partial charge in [-0.3, -0.25) is 9.59 Å². The summed E-state index contributed by atoms with van der Waals surface area (Å²) in [7, 11) is 0. The van der Waals surface area contributed by atoms with Gasteiger partial charge in [-0.05, 0) is 16.7 Å². The molecule has 0 radical (unpaired) electrons. The van der Waals surface area contributed by atoms with Crippen molar-refractivity contribution in [2.75, 3.05) is 0 Å². The minimum Gasteiger partial charge on any atom is -0.465 e. The van der Waals surface area contributed by atoms with E-state index in [9.17, 15) is 18.8 Å². The second-order valence-corrected chi connectivity index (χ2v) is 6.91. The third kappa shape index (κ3) is 4.95. The van der Waals surface area contributed by atoms with Crippen LogP contribution in [0, 0.1) is 0 Å². The van der Waals surface area contributed by atoms with Gasteiger partial charge in [0.15, 0.2) is 0 Å². The van der Waals surface area contributed by atoms with E-state index in [1.807, 2.05) is 91.0 Å². The predicted octanol–water partition coefficient (Wildman–Crippen LogP) is 3.62. The highest BCUT2D eigenvalue weighted by Crippen LogP contribution is 2.36. The van der Waals surface area contributed by atoms with Gasteiger partial charge in [0.2, 0.25) is 5.91 Å². The summed E-state index contributed by atoms with van der Waals surface area (Å²) in [5, 5.41) is 13.5. The summed E-state index contributed by atoms with van der Waals surface area (Å²) in [6, 6.07) is 24.0. The van der Waals surface area contributed by atoms with Crippen LogP contribution in [0.1, 0.15) is 23.1 Å². The number of nitrogens with one attached hydrogen (secondary N) is 2. The van der Waals surface area contributed by atoms with Gasteiger partial charge >= 0.3 is 12.1 Å². The normalized spacial score (nSPS) is 11.9. The molecular weight excluding hydrogens is 399 g/mol. The zero-order valence-electron chi connectivity index (χ0n) is 16.5. The molecule has 7 heteroatoms. The van der Waals surface area contributed by atoms with Gasteiger partial charge in [-0.25, -0.2) is 4.79 Å². The van der Waals surface area contributed by atoms with E-state index >= 15 is 0 Å². The first kappa shape index (κ1) is 21.7. The SMILES string of the molecule is O=C(O)NC(CC(=O)NC(c1ccccc1)(c1ccccc1)c1ccccc1)C(=O)F. The fourth-order valence-electron chi connectivity index (χ4n) is 3.56. The van der Waals surface area contributed by atoms with Gasteiger partial charge in [-0.2, -0.15) is 4.39 Å². The fourth-order valence-corrected chi connectivity index (χ4v) is 3.56. The molecule has 0 saturated heterocycles. The largest absolute Gasteiger partial charge is 0.465 e. The van der Waals surface area contributed by atoms with Crippen molar-refractivity contribution in [3.8, 4) is 0 Å². The number of hydrogen-bond acceptors (Lipinski definition) is 3. The Hall–Kier alpha value is -4.00. The second kappa shape index (κ2) is 9.67. The van der Waals surface area contributed by atoms with Crippen LogP contribution >= 0.6 is 0 Å². The van der Waals surface area contributed by atoms with Crippen molar-refractivity contribution in [3.05, 3.63) is 108 Å². The Labute approximate surface area is 178 Å². The number of carbonyl (C=O) groups is 3. The first-order valence-corrected chi connectivity index (χ1v) is 9.60. The van der Waals surface area contributed by atoms with Crippen LogP contribution in [0.4, 0.5) is 9.18 Å². The summed E-state index contributed by atoms with van der Waals surface area (Å²) < 4.78 is 13.3. The minimum absolute atomic E-state index is 0.685. The molecule has 31 heavy (non-hydrogen) atoms. The van der Waals surface area contributed by atoms with Gasteiger partial charge in [0.25, 0.3) is 0 Å². The Bertz CT molecular complexity index is 946. The third-order valence-corrected chi connectivity index (χ3v) is 4.91. The van der Waals surface area contributed by atoms with E-state index in [0.717, 1.165) is 16.7 Å². The Morgan fingerprint density at radius 1 is 0.774 bits per heavy atom. The second-order valence-electron chi connectivity index (χ2n) is 6.91. The van der Waals surface area contributed by atoms with Gasteiger partial charge in [-0.15, -0.1) is 0 Å². The molecule has 0 bridgehead atoms. The van der Waals surface area contributed by atoms with Crippen molar-refractivity contribution in [2.24, 2.45) is 0 Å². The van der Waals surface area contributed by atoms with Crippen molar-refractivity contribution in [1.82, 2.24) is 10.6 Å². The lowest BCUT2D eigenvalue weighted by Gasteiger charge is -2.37. The van der Waals surface area contributed by atoms with Gasteiger partial charge in [-0.1, -0.05) is 91.0 Å². The van der Waals surface area contributed by atoms with E-state index in [4.69, 9.17) is 5.11 Å². The molecule has 0 aliphatic heterocycles. The molecule has 3 rings (SSSR count). The van der Waals surface area contributed by atoms with E-state index < -0.39 is 36.0 Å². The Kier molecular flexibility index (Phi) is 6.77. The molecule has 0 fully saturated rings. The molecule has 1 unspecified atom stereocenters. The third-order valence-electron chi connectivity index (χ3n) is 4.91. The Balaban J connectivity index is 2.11.